The van der Waals surface area contributed by atoms with Gasteiger partial charge in [0, 0.05) is 30.7 Å². The molecule has 0 saturated carbocycles. The molecule has 0 bridgehead atoms. The minimum Gasteiger partial charge on any atom is -0.318 e. The highest BCUT2D eigenvalue weighted by Crippen LogP contribution is 2.37. The number of fused-ring (bicyclic) bond motifs is 1. The lowest BCUT2D eigenvalue weighted by molar-refractivity contribution is -0.149. The molecule has 1 aromatic rings. The molecule has 19 heavy (non-hydrogen) atoms. The van der Waals surface area contributed by atoms with E-state index in [1.165, 1.54) is 4.57 Å². The van der Waals surface area contributed by atoms with Gasteiger partial charge in [-0.3, -0.25) is 0 Å². The summed E-state index contributed by atoms with van der Waals surface area (Å²) < 4.78 is 41.1. The van der Waals surface area contributed by atoms with E-state index in [2.05, 4.69) is 10.3 Å². The summed E-state index contributed by atoms with van der Waals surface area (Å²) >= 11 is 0. The lowest BCUT2D eigenvalue weighted by atomic mass is 9.93. The summed E-state index contributed by atoms with van der Waals surface area (Å²) in [6.45, 7) is 6.87. The van der Waals surface area contributed by atoms with Crippen LogP contribution < -0.4 is 5.32 Å². The van der Waals surface area contributed by atoms with E-state index < -0.39 is 17.5 Å². The number of alkyl halides is 3. The Labute approximate surface area is 111 Å². The van der Waals surface area contributed by atoms with Crippen molar-refractivity contribution in [1.29, 1.82) is 0 Å². The first kappa shape index (κ1) is 14.4. The molecule has 0 amide bonds. The zero-order valence-electron chi connectivity index (χ0n) is 11.6. The van der Waals surface area contributed by atoms with Gasteiger partial charge in [0.05, 0.1) is 5.69 Å². The maximum atomic E-state index is 13.2. The molecule has 3 nitrogen and oxygen atoms in total. The number of rotatable bonds is 3. The second kappa shape index (κ2) is 4.81. The van der Waals surface area contributed by atoms with Crippen molar-refractivity contribution in [1.82, 2.24) is 14.9 Å². The van der Waals surface area contributed by atoms with E-state index in [0.717, 1.165) is 5.69 Å². The van der Waals surface area contributed by atoms with E-state index >= 15 is 0 Å². The molecule has 2 rings (SSSR count). The fourth-order valence-electron chi connectivity index (χ4n) is 2.65. The average molecular weight is 275 g/mol. The Kier molecular flexibility index (Phi) is 3.64. The van der Waals surface area contributed by atoms with Crippen molar-refractivity contribution in [3.05, 3.63) is 17.2 Å². The van der Waals surface area contributed by atoms with Gasteiger partial charge in [-0.1, -0.05) is 13.8 Å². The highest BCUT2D eigenvalue weighted by molar-refractivity contribution is 5.24. The minimum absolute atomic E-state index is 0.426. The minimum atomic E-state index is -4.40. The second-order valence-corrected chi connectivity index (χ2v) is 5.29. The van der Waals surface area contributed by atoms with Crippen molar-refractivity contribution in [3.63, 3.8) is 0 Å². The molecule has 1 aliphatic heterocycles. The number of imidazole rings is 1. The van der Waals surface area contributed by atoms with Crippen LogP contribution in [0.2, 0.25) is 0 Å². The van der Waals surface area contributed by atoms with E-state index in [0.29, 0.717) is 38.0 Å². The first-order valence-electron chi connectivity index (χ1n) is 6.72. The van der Waals surface area contributed by atoms with Crippen molar-refractivity contribution in [2.75, 3.05) is 6.54 Å². The van der Waals surface area contributed by atoms with Crippen LogP contribution in [0.3, 0.4) is 0 Å². The van der Waals surface area contributed by atoms with Gasteiger partial charge < -0.3 is 9.88 Å². The van der Waals surface area contributed by atoms with E-state index in [1.807, 2.05) is 20.8 Å². The number of aromatic nitrogens is 2. The van der Waals surface area contributed by atoms with E-state index in [1.54, 1.807) is 0 Å². The molecule has 1 N–H and O–H groups in total. The number of hydrogen-bond donors (Lipinski definition) is 1. The molecule has 2 heterocycles. The molecule has 0 aromatic carbocycles. The predicted octanol–water partition coefficient (Wildman–Crippen LogP) is 3.08. The summed E-state index contributed by atoms with van der Waals surface area (Å²) in [5.74, 6) is -0.743. The summed E-state index contributed by atoms with van der Waals surface area (Å²) in [5, 5.41) is 3.08. The summed E-state index contributed by atoms with van der Waals surface area (Å²) in [6.07, 6.45) is -2.48. The molecule has 0 atom stereocenters. The van der Waals surface area contributed by atoms with Crippen LogP contribution in [0.25, 0.3) is 0 Å². The Morgan fingerprint density at radius 1 is 1.26 bits per heavy atom. The van der Waals surface area contributed by atoms with Gasteiger partial charge in [0.15, 0.2) is 0 Å². The van der Waals surface area contributed by atoms with Gasteiger partial charge in [-0.2, -0.15) is 13.2 Å². The van der Waals surface area contributed by atoms with Crippen molar-refractivity contribution >= 4 is 0 Å². The Morgan fingerprint density at radius 2 is 1.89 bits per heavy atom. The van der Waals surface area contributed by atoms with Crippen LogP contribution in [0.4, 0.5) is 13.2 Å². The summed E-state index contributed by atoms with van der Waals surface area (Å²) in [5.41, 5.74) is 0.770. The molecule has 6 heteroatoms. The Bertz CT molecular complexity index is 458. The predicted molar refractivity (Wildman–Crippen MR) is 66.9 cm³/mol. The summed E-state index contributed by atoms with van der Waals surface area (Å²) in [4.78, 5) is 3.86. The van der Waals surface area contributed by atoms with Gasteiger partial charge in [0.1, 0.15) is 0 Å². The van der Waals surface area contributed by atoms with Crippen molar-refractivity contribution in [2.45, 2.75) is 58.3 Å². The monoisotopic (exact) mass is 275 g/mol. The average Bonchev–Trinajstić information content (AvgIpc) is 2.78. The lowest BCUT2D eigenvalue weighted by Crippen LogP contribution is -2.36. The number of nitrogens with one attached hydrogen (secondary N) is 1. The highest BCUT2D eigenvalue weighted by Gasteiger charge is 2.43. The van der Waals surface area contributed by atoms with Gasteiger partial charge in [-0.25, -0.2) is 4.98 Å². The van der Waals surface area contributed by atoms with E-state index in [-0.39, 0.29) is 0 Å². The van der Waals surface area contributed by atoms with Gasteiger partial charge in [-0.15, -0.1) is 0 Å². The summed E-state index contributed by atoms with van der Waals surface area (Å²) in [7, 11) is 0. The topological polar surface area (TPSA) is 29.9 Å². The van der Waals surface area contributed by atoms with Crippen LogP contribution in [0.15, 0.2) is 0 Å². The van der Waals surface area contributed by atoms with Crippen LogP contribution in [0.5, 0.6) is 0 Å². The molecule has 0 fully saturated rings. The molecule has 0 aliphatic carbocycles. The number of halogens is 3. The molecule has 108 valence electrons. The third kappa shape index (κ3) is 2.38. The molecule has 0 unspecified atom stereocenters. The van der Waals surface area contributed by atoms with E-state index in [9.17, 15) is 13.2 Å². The van der Waals surface area contributed by atoms with Crippen LogP contribution in [0.1, 0.15) is 50.8 Å². The molecule has 0 spiro atoms. The standard InChI is InChI=1S/C13H20F3N3/c1-4-12(3,5-2)19-10-6-7-17-8-9(10)18-11(19)13(14,15)16/h17H,4-8H2,1-3H3. The molecule has 1 aromatic heterocycles. The summed E-state index contributed by atoms with van der Waals surface area (Å²) in [6, 6.07) is 0. The largest absolute Gasteiger partial charge is 0.449 e. The zero-order valence-corrected chi connectivity index (χ0v) is 11.6. The Balaban J connectivity index is 2.65. The van der Waals surface area contributed by atoms with Gasteiger partial charge in [-0.05, 0) is 19.8 Å². The Morgan fingerprint density at radius 3 is 2.42 bits per heavy atom. The first-order valence-corrected chi connectivity index (χ1v) is 6.72. The third-order valence-corrected chi connectivity index (χ3v) is 4.20. The normalized spacial score (nSPS) is 16.5. The smallest absolute Gasteiger partial charge is 0.318 e. The fourth-order valence-corrected chi connectivity index (χ4v) is 2.65. The van der Waals surface area contributed by atoms with Crippen LogP contribution in [-0.2, 0) is 24.7 Å². The fraction of sp³-hybridized carbons (Fsp3) is 0.769. The molecular weight excluding hydrogens is 255 g/mol. The van der Waals surface area contributed by atoms with Gasteiger partial charge >= 0.3 is 6.18 Å². The third-order valence-electron chi connectivity index (χ3n) is 4.20. The number of nitrogens with zero attached hydrogens (tertiary/aromatic N) is 2. The highest BCUT2D eigenvalue weighted by atomic mass is 19.4. The molecule has 0 radical (unpaired) electrons. The molecular formula is C13H20F3N3. The maximum Gasteiger partial charge on any atom is 0.449 e. The molecule has 0 saturated heterocycles. The van der Waals surface area contributed by atoms with Crippen molar-refractivity contribution in [2.24, 2.45) is 0 Å². The number of hydrogen-bond acceptors (Lipinski definition) is 2. The zero-order chi connectivity index (χ0) is 14.3. The van der Waals surface area contributed by atoms with Crippen LogP contribution in [0, 0.1) is 0 Å². The first-order chi connectivity index (χ1) is 8.83. The maximum absolute atomic E-state index is 13.2. The van der Waals surface area contributed by atoms with Crippen LogP contribution >= 0.6 is 0 Å². The second-order valence-electron chi connectivity index (χ2n) is 5.29. The van der Waals surface area contributed by atoms with Crippen molar-refractivity contribution < 1.29 is 13.2 Å². The Hall–Kier alpha value is -1.04. The quantitative estimate of drug-likeness (QED) is 0.918. The van der Waals surface area contributed by atoms with E-state index in [4.69, 9.17) is 0 Å². The lowest BCUT2D eigenvalue weighted by Gasteiger charge is -2.33. The van der Waals surface area contributed by atoms with Gasteiger partial charge in [0.2, 0.25) is 5.82 Å². The van der Waals surface area contributed by atoms with Crippen LogP contribution in [-0.4, -0.2) is 16.1 Å². The van der Waals surface area contributed by atoms with Crippen molar-refractivity contribution in [3.8, 4) is 0 Å². The van der Waals surface area contributed by atoms with Gasteiger partial charge in [0.25, 0.3) is 0 Å². The molecule has 1 aliphatic rings. The SMILES string of the molecule is CCC(C)(CC)n1c(C(F)(F)F)nc2c1CCNC2.